The third-order valence-corrected chi connectivity index (χ3v) is 4.19. The van der Waals surface area contributed by atoms with E-state index in [9.17, 15) is 9.90 Å². The summed E-state index contributed by atoms with van der Waals surface area (Å²) < 4.78 is 7.25. The van der Waals surface area contributed by atoms with Crippen LogP contribution in [-0.2, 0) is 7.05 Å². The highest BCUT2D eigenvalue weighted by Gasteiger charge is 2.25. The highest BCUT2D eigenvalue weighted by molar-refractivity contribution is 6.03. The summed E-state index contributed by atoms with van der Waals surface area (Å²) in [5.74, 6) is 1.10. The molecule has 1 aromatic heterocycles. The lowest BCUT2D eigenvalue weighted by Crippen LogP contribution is -2.05. The average molecular weight is 274 g/mol. The third-order valence-electron chi connectivity index (χ3n) is 4.19. The summed E-state index contributed by atoms with van der Waals surface area (Å²) in [4.78, 5) is 16.1. The zero-order valence-corrected chi connectivity index (χ0v) is 11.7. The molecule has 20 heavy (non-hydrogen) atoms. The fourth-order valence-electron chi connectivity index (χ4n) is 3.20. The van der Waals surface area contributed by atoms with Crippen molar-refractivity contribution in [1.82, 2.24) is 9.55 Å². The minimum absolute atomic E-state index is 0.278. The summed E-state index contributed by atoms with van der Waals surface area (Å²) in [5, 5.41) is 9.36. The Hall–Kier alpha value is -2.04. The van der Waals surface area contributed by atoms with Crippen LogP contribution in [0.2, 0.25) is 0 Å². The molecule has 5 heteroatoms. The van der Waals surface area contributed by atoms with Crippen molar-refractivity contribution >= 4 is 17.0 Å². The number of imidazole rings is 1. The fourth-order valence-corrected chi connectivity index (χ4v) is 3.20. The standard InChI is InChI=1S/C15H18N2O3/c1-17-13-10(15(18)19)7-8-11(20-2)12(13)16-14(17)9-5-3-4-6-9/h7-9H,3-6H2,1-2H3,(H,18,19). The monoisotopic (exact) mass is 274 g/mol. The van der Waals surface area contributed by atoms with Gasteiger partial charge in [-0.25, -0.2) is 9.78 Å². The first kappa shape index (κ1) is 13.0. The average Bonchev–Trinajstić information content (AvgIpc) is 3.06. The molecule has 2 aromatic rings. The van der Waals surface area contributed by atoms with E-state index in [4.69, 9.17) is 4.74 Å². The summed E-state index contributed by atoms with van der Waals surface area (Å²) in [7, 11) is 3.48. The van der Waals surface area contributed by atoms with Gasteiger partial charge in [0.1, 0.15) is 17.1 Å². The molecule has 0 spiro atoms. The first-order valence-corrected chi connectivity index (χ1v) is 6.90. The molecule has 5 nitrogen and oxygen atoms in total. The number of methoxy groups -OCH3 is 1. The largest absolute Gasteiger partial charge is 0.494 e. The molecule has 0 unspecified atom stereocenters. The van der Waals surface area contributed by atoms with Crippen molar-refractivity contribution < 1.29 is 14.6 Å². The lowest BCUT2D eigenvalue weighted by molar-refractivity contribution is 0.0698. The second kappa shape index (κ2) is 4.81. The molecular weight excluding hydrogens is 256 g/mol. The van der Waals surface area contributed by atoms with Crippen LogP contribution < -0.4 is 4.74 Å². The SMILES string of the molecule is COc1ccc(C(=O)O)c2c1nc(C1CCCC1)n2C. The van der Waals surface area contributed by atoms with Gasteiger partial charge in [0.15, 0.2) is 0 Å². The van der Waals surface area contributed by atoms with Gasteiger partial charge in [0.25, 0.3) is 0 Å². The Labute approximate surface area is 117 Å². The Morgan fingerprint density at radius 3 is 2.70 bits per heavy atom. The number of carboxylic acid groups (broad SMARTS) is 1. The second-order valence-corrected chi connectivity index (χ2v) is 5.33. The van der Waals surface area contributed by atoms with Crippen molar-refractivity contribution in [2.75, 3.05) is 7.11 Å². The number of ether oxygens (including phenoxy) is 1. The topological polar surface area (TPSA) is 64.3 Å². The highest BCUT2D eigenvalue weighted by Crippen LogP contribution is 2.37. The molecular formula is C15H18N2O3. The lowest BCUT2D eigenvalue weighted by atomic mass is 10.1. The van der Waals surface area contributed by atoms with Gasteiger partial charge in [-0.3, -0.25) is 0 Å². The van der Waals surface area contributed by atoms with Crippen molar-refractivity contribution in [3.05, 3.63) is 23.5 Å². The molecule has 0 radical (unpaired) electrons. The lowest BCUT2D eigenvalue weighted by Gasteiger charge is -2.09. The molecule has 106 valence electrons. The Balaban J connectivity index is 2.27. The molecule has 1 aliphatic carbocycles. The highest BCUT2D eigenvalue weighted by atomic mass is 16.5. The fraction of sp³-hybridized carbons (Fsp3) is 0.467. The van der Waals surface area contributed by atoms with Crippen LogP contribution in [0.3, 0.4) is 0 Å². The molecule has 0 saturated heterocycles. The van der Waals surface area contributed by atoms with E-state index >= 15 is 0 Å². The maximum atomic E-state index is 11.4. The Kier molecular flexibility index (Phi) is 3.12. The molecule has 1 fully saturated rings. The smallest absolute Gasteiger partial charge is 0.337 e. The van der Waals surface area contributed by atoms with E-state index in [1.54, 1.807) is 19.2 Å². The molecule has 3 rings (SSSR count). The number of benzene rings is 1. The van der Waals surface area contributed by atoms with Crippen molar-refractivity contribution in [2.24, 2.45) is 7.05 Å². The zero-order chi connectivity index (χ0) is 14.3. The van der Waals surface area contributed by atoms with Gasteiger partial charge < -0.3 is 14.4 Å². The van der Waals surface area contributed by atoms with Crippen LogP contribution in [0.4, 0.5) is 0 Å². The maximum Gasteiger partial charge on any atom is 0.337 e. The number of hydrogen-bond acceptors (Lipinski definition) is 3. The molecule has 1 heterocycles. The summed E-state index contributed by atoms with van der Waals surface area (Å²) in [6.45, 7) is 0. The first-order valence-electron chi connectivity index (χ1n) is 6.90. The Bertz CT molecular complexity index is 669. The number of hydrogen-bond donors (Lipinski definition) is 1. The van der Waals surface area contributed by atoms with Crippen LogP contribution in [0.25, 0.3) is 11.0 Å². The summed E-state index contributed by atoms with van der Waals surface area (Å²) in [6, 6.07) is 3.26. The van der Waals surface area contributed by atoms with Crippen LogP contribution in [0.5, 0.6) is 5.75 Å². The number of nitrogens with zero attached hydrogens (tertiary/aromatic N) is 2. The summed E-state index contributed by atoms with van der Waals surface area (Å²) in [5.41, 5.74) is 1.58. The summed E-state index contributed by atoms with van der Waals surface area (Å²) >= 11 is 0. The zero-order valence-electron chi connectivity index (χ0n) is 11.7. The quantitative estimate of drug-likeness (QED) is 0.934. The number of rotatable bonds is 3. The number of aromatic carboxylic acids is 1. The van der Waals surface area contributed by atoms with Gasteiger partial charge >= 0.3 is 5.97 Å². The van der Waals surface area contributed by atoms with E-state index in [-0.39, 0.29) is 5.56 Å². The maximum absolute atomic E-state index is 11.4. The minimum atomic E-state index is -0.932. The predicted octanol–water partition coefficient (Wildman–Crippen LogP) is 2.94. The van der Waals surface area contributed by atoms with Gasteiger partial charge in [0.2, 0.25) is 0 Å². The van der Waals surface area contributed by atoms with E-state index in [0.29, 0.717) is 22.7 Å². The van der Waals surface area contributed by atoms with E-state index in [0.717, 1.165) is 18.7 Å². The number of carbonyl (C=O) groups is 1. The van der Waals surface area contributed by atoms with Crippen LogP contribution in [-0.4, -0.2) is 27.7 Å². The van der Waals surface area contributed by atoms with Gasteiger partial charge in [0.05, 0.1) is 18.2 Å². The van der Waals surface area contributed by atoms with Gasteiger partial charge in [-0.05, 0) is 25.0 Å². The van der Waals surface area contributed by atoms with Gasteiger partial charge in [-0.15, -0.1) is 0 Å². The number of aryl methyl sites for hydroxylation is 1. The van der Waals surface area contributed by atoms with Crippen molar-refractivity contribution in [3.8, 4) is 5.75 Å². The summed E-state index contributed by atoms with van der Waals surface area (Å²) in [6.07, 6.45) is 4.69. The molecule has 1 aliphatic rings. The molecule has 0 aliphatic heterocycles. The number of fused-ring (bicyclic) bond motifs is 1. The minimum Gasteiger partial charge on any atom is -0.494 e. The Morgan fingerprint density at radius 1 is 1.40 bits per heavy atom. The predicted molar refractivity (Wildman–Crippen MR) is 75.4 cm³/mol. The van der Waals surface area contributed by atoms with Crippen molar-refractivity contribution in [1.29, 1.82) is 0 Å². The van der Waals surface area contributed by atoms with Gasteiger partial charge in [-0.2, -0.15) is 0 Å². The van der Waals surface area contributed by atoms with Crippen LogP contribution in [0.15, 0.2) is 12.1 Å². The Morgan fingerprint density at radius 2 is 2.10 bits per heavy atom. The van der Waals surface area contributed by atoms with Crippen LogP contribution >= 0.6 is 0 Å². The van der Waals surface area contributed by atoms with E-state index in [1.807, 2.05) is 11.6 Å². The van der Waals surface area contributed by atoms with Gasteiger partial charge in [-0.1, -0.05) is 12.8 Å². The first-order chi connectivity index (χ1) is 9.63. The molecule has 1 aromatic carbocycles. The second-order valence-electron chi connectivity index (χ2n) is 5.33. The number of aromatic nitrogens is 2. The molecule has 0 bridgehead atoms. The molecule has 1 saturated carbocycles. The normalized spacial score (nSPS) is 15.9. The van der Waals surface area contributed by atoms with Gasteiger partial charge in [0, 0.05) is 13.0 Å². The van der Waals surface area contributed by atoms with Crippen LogP contribution in [0.1, 0.15) is 47.8 Å². The van der Waals surface area contributed by atoms with E-state index < -0.39 is 5.97 Å². The molecule has 1 N–H and O–H groups in total. The van der Waals surface area contributed by atoms with Crippen molar-refractivity contribution in [2.45, 2.75) is 31.6 Å². The molecule has 0 atom stereocenters. The number of carboxylic acids is 1. The van der Waals surface area contributed by atoms with E-state index in [2.05, 4.69) is 4.98 Å². The van der Waals surface area contributed by atoms with E-state index in [1.165, 1.54) is 12.8 Å². The molecule has 0 amide bonds. The van der Waals surface area contributed by atoms with Crippen molar-refractivity contribution in [3.63, 3.8) is 0 Å². The third kappa shape index (κ3) is 1.85. The van der Waals surface area contributed by atoms with Crippen LogP contribution in [0, 0.1) is 0 Å².